The summed E-state index contributed by atoms with van der Waals surface area (Å²) in [6.07, 6.45) is 1.91. The van der Waals surface area contributed by atoms with Crippen LogP contribution in [0.25, 0.3) is 0 Å². The van der Waals surface area contributed by atoms with Gasteiger partial charge in [0, 0.05) is 17.2 Å². The molecular weight excluding hydrogens is 256 g/mol. The van der Waals surface area contributed by atoms with Crippen molar-refractivity contribution in [3.8, 4) is 0 Å². The van der Waals surface area contributed by atoms with Gasteiger partial charge in [0.05, 0.1) is 0 Å². The molecule has 5 heteroatoms. The maximum Gasteiger partial charge on any atom is 0.331 e. The fourth-order valence-electron chi connectivity index (χ4n) is 1.90. The number of hydrogen-bond donors (Lipinski definition) is 2. The Morgan fingerprint density at radius 3 is 2.15 bits per heavy atom. The van der Waals surface area contributed by atoms with Crippen LogP contribution in [0.5, 0.6) is 0 Å². The molecule has 0 aliphatic heterocycles. The summed E-state index contributed by atoms with van der Waals surface area (Å²) < 4.78 is 0. The number of carboxylic acids is 1. The van der Waals surface area contributed by atoms with E-state index in [1.165, 1.54) is 6.92 Å². The Bertz CT molecular complexity index is 360. The quantitative estimate of drug-likeness (QED) is 0.636. The molecule has 0 aliphatic rings. The van der Waals surface area contributed by atoms with E-state index in [4.69, 9.17) is 5.11 Å². The van der Waals surface area contributed by atoms with Crippen molar-refractivity contribution >= 4 is 11.9 Å². The van der Waals surface area contributed by atoms with Crippen molar-refractivity contribution in [2.75, 3.05) is 19.6 Å². The summed E-state index contributed by atoms with van der Waals surface area (Å²) in [5.74, 6) is -1.34. The SMILES string of the molecule is CCN(CC)CCCC(C)NC(=O)C(C)=C(C)C(=O)O. The Hall–Kier alpha value is -1.36. The van der Waals surface area contributed by atoms with Gasteiger partial charge in [-0.25, -0.2) is 4.79 Å². The second-order valence-electron chi connectivity index (χ2n) is 5.10. The van der Waals surface area contributed by atoms with Gasteiger partial charge in [-0.15, -0.1) is 0 Å². The van der Waals surface area contributed by atoms with Gasteiger partial charge >= 0.3 is 5.97 Å². The molecule has 0 aromatic rings. The Balaban J connectivity index is 4.21. The van der Waals surface area contributed by atoms with Crippen LogP contribution < -0.4 is 5.32 Å². The minimum Gasteiger partial charge on any atom is -0.478 e. The van der Waals surface area contributed by atoms with Crippen LogP contribution in [0, 0.1) is 0 Å². The molecule has 0 spiro atoms. The lowest BCUT2D eigenvalue weighted by molar-refractivity contribution is -0.133. The van der Waals surface area contributed by atoms with Crippen LogP contribution >= 0.6 is 0 Å². The molecule has 20 heavy (non-hydrogen) atoms. The molecule has 1 amide bonds. The highest BCUT2D eigenvalue weighted by atomic mass is 16.4. The highest BCUT2D eigenvalue weighted by Crippen LogP contribution is 2.06. The Kier molecular flexibility index (Phi) is 8.88. The smallest absolute Gasteiger partial charge is 0.331 e. The number of rotatable bonds is 9. The van der Waals surface area contributed by atoms with E-state index in [-0.39, 0.29) is 23.1 Å². The first-order valence-corrected chi connectivity index (χ1v) is 7.27. The minimum absolute atomic E-state index is 0.0506. The second-order valence-corrected chi connectivity index (χ2v) is 5.10. The second kappa shape index (κ2) is 9.53. The first kappa shape index (κ1) is 18.6. The van der Waals surface area contributed by atoms with Crippen molar-refractivity contribution in [3.05, 3.63) is 11.1 Å². The topological polar surface area (TPSA) is 69.6 Å². The van der Waals surface area contributed by atoms with E-state index in [2.05, 4.69) is 24.1 Å². The number of hydrogen-bond acceptors (Lipinski definition) is 3. The monoisotopic (exact) mass is 284 g/mol. The van der Waals surface area contributed by atoms with Crippen molar-refractivity contribution in [1.29, 1.82) is 0 Å². The van der Waals surface area contributed by atoms with Gasteiger partial charge in [0.2, 0.25) is 5.91 Å². The van der Waals surface area contributed by atoms with E-state index in [1.54, 1.807) is 6.92 Å². The van der Waals surface area contributed by atoms with E-state index in [0.717, 1.165) is 32.5 Å². The molecule has 0 fully saturated rings. The number of amides is 1. The van der Waals surface area contributed by atoms with Crippen molar-refractivity contribution < 1.29 is 14.7 Å². The molecule has 0 aromatic carbocycles. The van der Waals surface area contributed by atoms with Crippen LogP contribution in [0.2, 0.25) is 0 Å². The summed E-state index contributed by atoms with van der Waals surface area (Å²) in [4.78, 5) is 25.0. The van der Waals surface area contributed by atoms with E-state index < -0.39 is 5.97 Å². The third-order valence-corrected chi connectivity index (χ3v) is 3.61. The predicted molar refractivity (Wildman–Crippen MR) is 80.6 cm³/mol. The summed E-state index contributed by atoms with van der Waals surface area (Å²) >= 11 is 0. The molecule has 116 valence electrons. The molecule has 0 rings (SSSR count). The average molecular weight is 284 g/mol. The normalized spacial score (nSPS) is 13.9. The molecule has 1 atom stereocenters. The highest BCUT2D eigenvalue weighted by Gasteiger charge is 2.14. The van der Waals surface area contributed by atoms with E-state index in [9.17, 15) is 9.59 Å². The number of carbonyl (C=O) groups is 2. The Morgan fingerprint density at radius 1 is 1.15 bits per heavy atom. The van der Waals surface area contributed by atoms with Crippen LogP contribution in [0.15, 0.2) is 11.1 Å². The molecule has 0 aliphatic carbocycles. The maximum absolute atomic E-state index is 11.9. The van der Waals surface area contributed by atoms with Gasteiger partial charge in [0.25, 0.3) is 0 Å². The van der Waals surface area contributed by atoms with Crippen molar-refractivity contribution in [3.63, 3.8) is 0 Å². The number of aliphatic carboxylic acids is 1. The summed E-state index contributed by atoms with van der Waals surface area (Å²) in [5, 5.41) is 11.7. The van der Waals surface area contributed by atoms with Crippen LogP contribution in [-0.2, 0) is 9.59 Å². The van der Waals surface area contributed by atoms with Crippen LogP contribution in [-0.4, -0.2) is 47.6 Å². The molecule has 2 N–H and O–H groups in total. The number of carboxylic acid groups (broad SMARTS) is 1. The lowest BCUT2D eigenvalue weighted by Gasteiger charge is -2.20. The summed E-state index contributed by atoms with van der Waals surface area (Å²) in [5.41, 5.74) is 0.367. The van der Waals surface area contributed by atoms with Crippen molar-refractivity contribution in [1.82, 2.24) is 10.2 Å². The van der Waals surface area contributed by atoms with E-state index in [0.29, 0.717) is 0 Å². The number of nitrogens with one attached hydrogen (secondary N) is 1. The summed E-state index contributed by atoms with van der Waals surface area (Å²) in [6.45, 7) is 12.3. The summed E-state index contributed by atoms with van der Waals surface area (Å²) in [6, 6.07) is 0.0506. The molecular formula is C15H28N2O3. The van der Waals surface area contributed by atoms with E-state index in [1.807, 2.05) is 6.92 Å². The van der Waals surface area contributed by atoms with Gasteiger partial charge in [-0.05, 0) is 53.2 Å². The zero-order valence-corrected chi connectivity index (χ0v) is 13.3. The zero-order valence-electron chi connectivity index (χ0n) is 13.3. The van der Waals surface area contributed by atoms with Crippen LogP contribution in [0.1, 0.15) is 47.5 Å². The molecule has 5 nitrogen and oxygen atoms in total. The third kappa shape index (κ3) is 6.70. The van der Waals surface area contributed by atoms with Gasteiger partial charge in [-0.3, -0.25) is 4.79 Å². The van der Waals surface area contributed by atoms with Crippen molar-refractivity contribution in [2.45, 2.75) is 53.5 Å². The predicted octanol–water partition coefficient (Wildman–Crippen LogP) is 2.03. The first-order valence-electron chi connectivity index (χ1n) is 7.27. The van der Waals surface area contributed by atoms with Gasteiger partial charge in [-0.1, -0.05) is 13.8 Å². The summed E-state index contributed by atoms with van der Waals surface area (Å²) in [7, 11) is 0. The van der Waals surface area contributed by atoms with Crippen LogP contribution in [0.4, 0.5) is 0 Å². The number of carbonyl (C=O) groups excluding carboxylic acids is 1. The molecule has 1 unspecified atom stereocenters. The number of nitrogens with zero attached hydrogens (tertiary/aromatic N) is 1. The molecule has 0 saturated carbocycles. The zero-order chi connectivity index (χ0) is 15.7. The lowest BCUT2D eigenvalue weighted by Crippen LogP contribution is -2.34. The van der Waals surface area contributed by atoms with Gasteiger partial charge in [0.1, 0.15) is 0 Å². The lowest BCUT2D eigenvalue weighted by atomic mass is 10.1. The highest BCUT2D eigenvalue weighted by molar-refractivity contribution is 6.01. The third-order valence-electron chi connectivity index (χ3n) is 3.61. The molecule has 0 radical (unpaired) electrons. The van der Waals surface area contributed by atoms with Crippen LogP contribution in [0.3, 0.4) is 0 Å². The van der Waals surface area contributed by atoms with Gasteiger partial charge in [0.15, 0.2) is 0 Å². The molecule has 0 heterocycles. The molecule has 0 aromatic heterocycles. The Labute approximate surface area is 122 Å². The average Bonchev–Trinajstić information content (AvgIpc) is 2.41. The minimum atomic E-state index is -1.05. The fourth-order valence-corrected chi connectivity index (χ4v) is 1.90. The molecule has 0 saturated heterocycles. The first-order chi connectivity index (χ1) is 9.33. The van der Waals surface area contributed by atoms with E-state index >= 15 is 0 Å². The van der Waals surface area contributed by atoms with Gasteiger partial charge < -0.3 is 15.3 Å². The Morgan fingerprint density at radius 2 is 1.70 bits per heavy atom. The fraction of sp³-hybridized carbons (Fsp3) is 0.733. The largest absolute Gasteiger partial charge is 0.478 e. The van der Waals surface area contributed by atoms with Crippen molar-refractivity contribution in [2.24, 2.45) is 0 Å². The maximum atomic E-state index is 11.9. The van der Waals surface area contributed by atoms with Gasteiger partial charge in [-0.2, -0.15) is 0 Å². The molecule has 0 bridgehead atoms. The standard InChI is InChI=1S/C15H28N2O3/c1-6-17(7-2)10-8-9-11(3)16-14(18)12(4)13(5)15(19)20/h11H,6-10H2,1-5H3,(H,16,18)(H,19,20).